The third-order valence-electron chi connectivity index (χ3n) is 4.25. The summed E-state index contributed by atoms with van der Waals surface area (Å²) in [4.78, 5) is 12.8. The molecule has 2 rings (SSSR count). The van der Waals surface area contributed by atoms with Gasteiger partial charge in [-0.15, -0.1) is 0 Å². The highest BCUT2D eigenvalue weighted by molar-refractivity contribution is 6.02. The second kappa shape index (κ2) is 5.79. The highest BCUT2D eigenvalue weighted by Crippen LogP contribution is 2.37. The number of rotatable bonds is 4. The lowest BCUT2D eigenvalue weighted by atomic mass is 9.75. The first-order valence-corrected chi connectivity index (χ1v) is 7.23. The van der Waals surface area contributed by atoms with E-state index in [0.717, 1.165) is 37.9 Å². The molecule has 0 amide bonds. The fraction of sp³-hybridized carbons (Fsp3) is 0.562. The fourth-order valence-corrected chi connectivity index (χ4v) is 3.12. The normalized spacial score (nSPS) is 22.5. The molecule has 0 aliphatic carbocycles. The minimum absolute atomic E-state index is 0.0272. The van der Waals surface area contributed by atoms with Gasteiger partial charge in [0.2, 0.25) is 0 Å². The number of benzene rings is 1. The van der Waals surface area contributed by atoms with Gasteiger partial charge < -0.3 is 5.32 Å². The zero-order valence-corrected chi connectivity index (χ0v) is 12.3. The van der Waals surface area contributed by atoms with Gasteiger partial charge in [-0.1, -0.05) is 19.4 Å². The second-order valence-electron chi connectivity index (χ2n) is 5.81. The highest BCUT2D eigenvalue weighted by atomic mass is 19.4. The molecule has 0 radical (unpaired) electrons. The molecule has 1 atom stereocenters. The Morgan fingerprint density at radius 3 is 2.57 bits per heavy atom. The van der Waals surface area contributed by atoms with Crippen LogP contribution in [-0.2, 0) is 6.18 Å². The van der Waals surface area contributed by atoms with Crippen molar-refractivity contribution in [2.24, 2.45) is 5.41 Å². The van der Waals surface area contributed by atoms with Gasteiger partial charge in [-0.05, 0) is 44.0 Å². The largest absolute Gasteiger partial charge is 0.416 e. The molecular weight excluding hydrogens is 279 g/mol. The van der Waals surface area contributed by atoms with Crippen molar-refractivity contribution in [3.8, 4) is 0 Å². The highest BCUT2D eigenvalue weighted by Gasteiger charge is 2.41. The van der Waals surface area contributed by atoms with Crippen LogP contribution < -0.4 is 5.32 Å². The Kier molecular flexibility index (Phi) is 4.42. The van der Waals surface area contributed by atoms with Crippen molar-refractivity contribution in [2.75, 3.05) is 13.1 Å². The number of ketones is 1. The topological polar surface area (TPSA) is 29.1 Å². The molecule has 0 spiro atoms. The van der Waals surface area contributed by atoms with Gasteiger partial charge in [0.15, 0.2) is 5.78 Å². The van der Waals surface area contributed by atoms with E-state index in [1.807, 2.05) is 6.92 Å². The van der Waals surface area contributed by atoms with Crippen molar-refractivity contribution < 1.29 is 18.0 Å². The molecule has 1 saturated heterocycles. The smallest absolute Gasteiger partial charge is 0.316 e. The van der Waals surface area contributed by atoms with Gasteiger partial charge in [-0.3, -0.25) is 4.79 Å². The Hall–Kier alpha value is -1.36. The number of halogens is 3. The number of hydrogen-bond donors (Lipinski definition) is 1. The first-order valence-electron chi connectivity index (χ1n) is 7.23. The zero-order chi connectivity index (χ0) is 15.7. The Labute approximate surface area is 122 Å². The van der Waals surface area contributed by atoms with Gasteiger partial charge in [-0.25, -0.2) is 0 Å². The van der Waals surface area contributed by atoms with E-state index in [-0.39, 0.29) is 5.78 Å². The monoisotopic (exact) mass is 299 g/mol. The van der Waals surface area contributed by atoms with Gasteiger partial charge in [-0.2, -0.15) is 13.2 Å². The molecule has 2 nitrogen and oxygen atoms in total. The van der Waals surface area contributed by atoms with Crippen molar-refractivity contribution in [3.05, 3.63) is 34.9 Å². The van der Waals surface area contributed by atoms with Crippen LogP contribution >= 0.6 is 0 Å². The van der Waals surface area contributed by atoms with E-state index in [9.17, 15) is 18.0 Å². The van der Waals surface area contributed by atoms with E-state index < -0.39 is 17.2 Å². The molecule has 1 unspecified atom stereocenters. The van der Waals surface area contributed by atoms with Crippen LogP contribution in [0.1, 0.15) is 47.7 Å². The van der Waals surface area contributed by atoms with Crippen LogP contribution in [0.4, 0.5) is 13.2 Å². The van der Waals surface area contributed by atoms with Gasteiger partial charge in [0.25, 0.3) is 0 Å². The third-order valence-corrected chi connectivity index (χ3v) is 4.25. The third kappa shape index (κ3) is 3.12. The van der Waals surface area contributed by atoms with Crippen molar-refractivity contribution in [2.45, 2.75) is 39.3 Å². The summed E-state index contributed by atoms with van der Waals surface area (Å²) < 4.78 is 38.1. The number of alkyl halides is 3. The van der Waals surface area contributed by atoms with E-state index in [1.165, 1.54) is 6.07 Å². The van der Waals surface area contributed by atoms with Crippen LogP contribution in [-0.4, -0.2) is 18.9 Å². The van der Waals surface area contributed by atoms with Gasteiger partial charge in [0.05, 0.1) is 5.56 Å². The number of aryl methyl sites for hydroxylation is 1. The van der Waals surface area contributed by atoms with Crippen LogP contribution in [0.2, 0.25) is 0 Å². The summed E-state index contributed by atoms with van der Waals surface area (Å²) in [7, 11) is 0. The molecule has 1 aliphatic rings. The summed E-state index contributed by atoms with van der Waals surface area (Å²) >= 11 is 0. The molecular formula is C16H20F3NO. The number of nitrogens with one attached hydrogen (secondary N) is 1. The van der Waals surface area contributed by atoms with E-state index in [4.69, 9.17) is 0 Å². The first-order chi connectivity index (χ1) is 9.80. The lowest BCUT2D eigenvalue weighted by Gasteiger charge is -2.27. The van der Waals surface area contributed by atoms with Crippen molar-refractivity contribution in [3.63, 3.8) is 0 Å². The van der Waals surface area contributed by atoms with Gasteiger partial charge >= 0.3 is 6.18 Å². The molecule has 1 heterocycles. The molecule has 1 N–H and O–H groups in total. The van der Waals surface area contributed by atoms with Crippen LogP contribution in [0.5, 0.6) is 0 Å². The summed E-state index contributed by atoms with van der Waals surface area (Å²) in [6.07, 6.45) is -1.98. The molecule has 21 heavy (non-hydrogen) atoms. The molecule has 0 bridgehead atoms. The average Bonchev–Trinajstić information content (AvgIpc) is 2.87. The predicted molar refractivity (Wildman–Crippen MR) is 75.3 cm³/mol. The fourth-order valence-electron chi connectivity index (χ4n) is 3.12. The lowest BCUT2D eigenvalue weighted by Crippen LogP contribution is -2.34. The van der Waals surface area contributed by atoms with Gasteiger partial charge in [0, 0.05) is 17.5 Å². The van der Waals surface area contributed by atoms with E-state index in [1.54, 1.807) is 6.92 Å². The van der Waals surface area contributed by atoms with Crippen molar-refractivity contribution in [1.82, 2.24) is 5.32 Å². The molecule has 116 valence electrons. The Balaban J connectivity index is 2.35. The average molecular weight is 299 g/mol. The van der Waals surface area contributed by atoms with Crippen molar-refractivity contribution >= 4 is 5.78 Å². The van der Waals surface area contributed by atoms with E-state index in [0.29, 0.717) is 17.7 Å². The summed E-state index contributed by atoms with van der Waals surface area (Å²) in [5, 5.41) is 3.20. The minimum atomic E-state index is -4.37. The summed E-state index contributed by atoms with van der Waals surface area (Å²) in [5.74, 6) is -0.0272. The lowest BCUT2D eigenvalue weighted by molar-refractivity contribution is -0.137. The minimum Gasteiger partial charge on any atom is -0.316 e. The Morgan fingerprint density at radius 2 is 2.10 bits per heavy atom. The number of carbonyl (C=O) groups excluding carboxylic acids is 1. The first kappa shape index (κ1) is 16.0. The Bertz CT molecular complexity index is 531. The van der Waals surface area contributed by atoms with Crippen LogP contribution in [0.15, 0.2) is 18.2 Å². The SMILES string of the molecule is CCCC1(C(=O)c2ccc(C(F)(F)F)cc2C)CCNC1. The maximum absolute atomic E-state index is 12.8. The second-order valence-corrected chi connectivity index (χ2v) is 5.81. The maximum atomic E-state index is 12.8. The number of hydrogen-bond acceptors (Lipinski definition) is 2. The quantitative estimate of drug-likeness (QED) is 0.852. The zero-order valence-electron chi connectivity index (χ0n) is 12.3. The molecule has 1 aliphatic heterocycles. The number of Topliss-reactive ketones (excluding diaryl/α,β-unsaturated/α-hetero) is 1. The van der Waals surface area contributed by atoms with Crippen LogP contribution in [0.3, 0.4) is 0 Å². The van der Waals surface area contributed by atoms with Crippen molar-refractivity contribution in [1.29, 1.82) is 0 Å². The predicted octanol–water partition coefficient (Wildman–Crippen LogP) is 3.98. The van der Waals surface area contributed by atoms with E-state index in [2.05, 4.69) is 5.32 Å². The number of carbonyl (C=O) groups is 1. The molecule has 0 aromatic heterocycles. The molecule has 1 fully saturated rings. The van der Waals surface area contributed by atoms with Gasteiger partial charge in [0.1, 0.15) is 0 Å². The van der Waals surface area contributed by atoms with Crippen LogP contribution in [0.25, 0.3) is 0 Å². The Morgan fingerprint density at radius 1 is 1.38 bits per heavy atom. The summed E-state index contributed by atoms with van der Waals surface area (Å²) in [6.45, 7) is 4.99. The maximum Gasteiger partial charge on any atom is 0.416 e. The molecule has 5 heteroatoms. The molecule has 1 aromatic carbocycles. The van der Waals surface area contributed by atoms with E-state index >= 15 is 0 Å². The molecule has 1 aromatic rings. The summed E-state index contributed by atoms with van der Waals surface area (Å²) in [5.41, 5.74) is -0.345. The van der Waals surface area contributed by atoms with Crippen LogP contribution in [0, 0.1) is 12.3 Å². The molecule has 0 saturated carbocycles. The standard InChI is InChI=1S/C16H20F3NO/c1-3-6-15(7-8-20-10-15)14(21)13-5-4-12(9-11(13)2)16(17,18)19/h4-5,9,20H,3,6-8,10H2,1-2H3. The summed E-state index contributed by atoms with van der Waals surface area (Å²) in [6, 6.07) is 3.40.